The van der Waals surface area contributed by atoms with E-state index in [1.807, 2.05) is 49.4 Å². The van der Waals surface area contributed by atoms with Gasteiger partial charge in [0, 0.05) is 30.4 Å². The molecular formula is C22H27N3O2. The summed E-state index contributed by atoms with van der Waals surface area (Å²) in [5, 5.41) is 6.03. The molecule has 0 bridgehead atoms. The van der Waals surface area contributed by atoms with Gasteiger partial charge in [0.2, 0.25) is 5.91 Å². The molecule has 3 amide bonds. The van der Waals surface area contributed by atoms with Gasteiger partial charge < -0.3 is 15.5 Å². The quantitative estimate of drug-likeness (QED) is 0.841. The van der Waals surface area contributed by atoms with Crippen LogP contribution in [0.2, 0.25) is 0 Å². The van der Waals surface area contributed by atoms with Crippen LogP contribution in [-0.4, -0.2) is 29.9 Å². The first-order valence-corrected chi connectivity index (χ1v) is 9.58. The first kappa shape index (κ1) is 19.0. The Balaban J connectivity index is 1.54. The minimum atomic E-state index is -0.104. The van der Waals surface area contributed by atoms with Gasteiger partial charge in [-0.15, -0.1) is 0 Å². The Kier molecular flexibility index (Phi) is 6.12. The third kappa shape index (κ3) is 4.67. The summed E-state index contributed by atoms with van der Waals surface area (Å²) in [6, 6.07) is 15.4. The van der Waals surface area contributed by atoms with Crippen LogP contribution < -0.4 is 10.6 Å². The summed E-state index contributed by atoms with van der Waals surface area (Å²) in [5.41, 5.74) is 3.97. The van der Waals surface area contributed by atoms with Crippen molar-refractivity contribution < 1.29 is 9.59 Å². The van der Waals surface area contributed by atoms with Crippen molar-refractivity contribution in [3.8, 4) is 0 Å². The van der Waals surface area contributed by atoms with Crippen molar-refractivity contribution in [1.29, 1.82) is 0 Å². The lowest BCUT2D eigenvalue weighted by atomic mass is 9.95. The molecule has 1 aliphatic heterocycles. The summed E-state index contributed by atoms with van der Waals surface area (Å²) in [5.74, 6) is -0.00259. The van der Waals surface area contributed by atoms with Crippen LogP contribution in [0.1, 0.15) is 30.9 Å². The summed E-state index contributed by atoms with van der Waals surface area (Å²) in [6.45, 7) is 5.29. The minimum Gasteiger partial charge on any atom is -0.325 e. The van der Waals surface area contributed by atoms with Gasteiger partial charge in [-0.25, -0.2) is 4.79 Å². The molecule has 1 fully saturated rings. The first-order chi connectivity index (χ1) is 13.1. The third-order valence-electron chi connectivity index (χ3n) is 5.17. The smallest absolute Gasteiger partial charge is 0.321 e. The van der Waals surface area contributed by atoms with E-state index < -0.39 is 0 Å². The number of piperidine rings is 1. The van der Waals surface area contributed by atoms with Crippen LogP contribution >= 0.6 is 0 Å². The van der Waals surface area contributed by atoms with Crippen LogP contribution in [0.3, 0.4) is 0 Å². The van der Waals surface area contributed by atoms with E-state index in [1.165, 1.54) is 0 Å². The average Bonchev–Trinajstić information content (AvgIpc) is 2.70. The number of nitrogens with one attached hydrogen (secondary N) is 2. The Morgan fingerprint density at radius 2 is 1.70 bits per heavy atom. The number of amides is 3. The second-order valence-corrected chi connectivity index (χ2v) is 7.01. The molecule has 2 N–H and O–H groups in total. The van der Waals surface area contributed by atoms with Gasteiger partial charge in [0.25, 0.3) is 0 Å². The number of benzene rings is 2. The Morgan fingerprint density at radius 1 is 1.00 bits per heavy atom. The largest absolute Gasteiger partial charge is 0.325 e. The summed E-state index contributed by atoms with van der Waals surface area (Å²) in [6.07, 6.45) is 2.25. The molecule has 0 radical (unpaired) electrons. The molecular weight excluding hydrogens is 338 g/mol. The van der Waals surface area contributed by atoms with Crippen molar-refractivity contribution in [1.82, 2.24) is 4.90 Å². The number of carbonyl (C=O) groups is 2. The zero-order chi connectivity index (χ0) is 19.2. The molecule has 1 heterocycles. The zero-order valence-corrected chi connectivity index (χ0v) is 16.0. The Hall–Kier alpha value is -2.82. The lowest BCUT2D eigenvalue weighted by Crippen LogP contribution is -2.43. The maximum Gasteiger partial charge on any atom is 0.321 e. The predicted octanol–water partition coefficient (Wildman–Crippen LogP) is 4.44. The predicted molar refractivity (Wildman–Crippen MR) is 109 cm³/mol. The maximum absolute atomic E-state index is 12.7. The summed E-state index contributed by atoms with van der Waals surface area (Å²) in [7, 11) is 0. The fourth-order valence-electron chi connectivity index (χ4n) is 3.50. The van der Waals surface area contributed by atoms with Crippen molar-refractivity contribution in [2.75, 3.05) is 23.7 Å². The third-order valence-corrected chi connectivity index (χ3v) is 5.17. The van der Waals surface area contributed by atoms with Crippen LogP contribution in [0, 0.1) is 12.8 Å². The van der Waals surface area contributed by atoms with Crippen LogP contribution in [0.5, 0.6) is 0 Å². The fourth-order valence-corrected chi connectivity index (χ4v) is 3.50. The van der Waals surface area contributed by atoms with Crippen molar-refractivity contribution in [3.05, 3.63) is 59.7 Å². The Bertz CT molecular complexity index is 796. The molecule has 142 valence electrons. The highest BCUT2D eigenvalue weighted by Crippen LogP contribution is 2.25. The van der Waals surface area contributed by atoms with Crippen molar-refractivity contribution in [3.63, 3.8) is 0 Å². The fraction of sp³-hybridized carbons (Fsp3) is 0.364. The van der Waals surface area contributed by atoms with Gasteiger partial charge in [0.05, 0.1) is 0 Å². The van der Waals surface area contributed by atoms with Crippen molar-refractivity contribution in [2.45, 2.75) is 33.1 Å². The molecule has 2 aromatic carbocycles. The molecule has 5 heteroatoms. The number of likely N-dealkylation sites (tertiary alicyclic amines) is 1. The number of hydrogen-bond donors (Lipinski definition) is 2. The highest BCUT2D eigenvalue weighted by Gasteiger charge is 2.28. The summed E-state index contributed by atoms with van der Waals surface area (Å²) >= 11 is 0. The van der Waals surface area contributed by atoms with E-state index in [1.54, 1.807) is 4.90 Å². The number of hydrogen-bond acceptors (Lipinski definition) is 2. The van der Waals surface area contributed by atoms with Gasteiger partial charge in [0.1, 0.15) is 0 Å². The normalized spacial score (nSPS) is 14.7. The van der Waals surface area contributed by atoms with Gasteiger partial charge in [0.15, 0.2) is 0 Å². The van der Waals surface area contributed by atoms with E-state index in [0.717, 1.165) is 28.9 Å². The highest BCUT2D eigenvalue weighted by atomic mass is 16.2. The molecule has 3 rings (SSSR count). The van der Waals surface area contributed by atoms with E-state index in [0.29, 0.717) is 25.9 Å². The number of para-hydroxylation sites is 2. The monoisotopic (exact) mass is 365 g/mol. The first-order valence-electron chi connectivity index (χ1n) is 9.58. The second kappa shape index (κ2) is 8.71. The lowest BCUT2D eigenvalue weighted by Gasteiger charge is -2.31. The van der Waals surface area contributed by atoms with Crippen LogP contribution in [0.4, 0.5) is 16.2 Å². The zero-order valence-electron chi connectivity index (χ0n) is 16.0. The van der Waals surface area contributed by atoms with Gasteiger partial charge in [-0.1, -0.05) is 43.3 Å². The molecule has 0 aliphatic carbocycles. The molecule has 27 heavy (non-hydrogen) atoms. The number of anilines is 2. The minimum absolute atomic E-state index is 0.0575. The number of aryl methyl sites for hydroxylation is 2. The van der Waals surface area contributed by atoms with E-state index in [9.17, 15) is 9.59 Å². The van der Waals surface area contributed by atoms with Crippen molar-refractivity contribution in [2.24, 2.45) is 5.92 Å². The van der Waals surface area contributed by atoms with Crippen LogP contribution in [0.25, 0.3) is 0 Å². The molecule has 0 spiro atoms. The Labute approximate surface area is 160 Å². The second-order valence-electron chi connectivity index (χ2n) is 7.01. The number of nitrogens with zero attached hydrogens (tertiary/aromatic N) is 1. The van der Waals surface area contributed by atoms with Crippen LogP contribution in [0.15, 0.2) is 48.5 Å². The molecule has 1 aliphatic rings. The Morgan fingerprint density at radius 3 is 2.37 bits per heavy atom. The van der Waals surface area contributed by atoms with Gasteiger partial charge in [-0.2, -0.15) is 0 Å². The lowest BCUT2D eigenvalue weighted by molar-refractivity contribution is -0.121. The SMILES string of the molecule is CCc1cccc(C)c1NC(=O)C1CCN(C(=O)Nc2ccccc2)CC1. The number of rotatable bonds is 4. The molecule has 1 saturated heterocycles. The molecule has 0 atom stereocenters. The highest BCUT2D eigenvalue weighted by molar-refractivity contribution is 5.94. The van der Waals surface area contributed by atoms with E-state index in [4.69, 9.17) is 0 Å². The van der Waals surface area contributed by atoms with Gasteiger partial charge in [-0.05, 0) is 49.4 Å². The number of carbonyl (C=O) groups excluding carboxylic acids is 2. The van der Waals surface area contributed by atoms with Gasteiger partial charge >= 0.3 is 6.03 Å². The standard InChI is InChI=1S/C22H27N3O2/c1-3-17-9-7-8-16(2)20(17)24-21(26)18-12-14-25(15-13-18)22(27)23-19-10-5-4-6-11-19/h4-11,18H,3,12-15H2,1-2H3,(H,23,27)(H,24,26). The molecule has 0 saturated carbocycles. The van der Waals surface area contributed by atoms with Crippen LogP contribution in [-0.2, 0) is 11.2 Å². The average molecular weight is 365 g/mol. The number of urea groups is 1. The molecule has 0 unspecified atom stereocenters. The van der Waals surface area contributed by atoms with E-state index >= 15 is 0 Å². The molecule has 2 aromatic rings. The van der Waals surface area contributed by atoms with Crippen molar-refractivity contribution >= 4 is 23.3 Å². The molecule has 5 nitrogen and oxygen atoms in total. The van der Waals surface area contributed by atoms with E-state index in [-0.39, 0.29) is 17.9 Å². The summed E-state index contributed by atoms with van der Waals surface area (Å²) in [4.78, 5) is 26.9. The summed E-state index contributed by atoms with van der Waals surface area (Å²) < 4.78 is 0. The topological polar surface area (TPSA) is 61.4 Å². The molecule has 0 aromatic heterocycles. The maximum atomic E-state index is 12.7. The van der Waals surface area contributed by atoms with Gasteiger partial charge in [-0.3, -0.25) is 4.79 Å². The van der Waals surface area contributed by atoms with E-state index in [2.05, 4.69) is 23.6 Å².